The van der Waals surface area contributed by atoms with Gasteiger partial charge in [-0.3, -0.25) is 4.68 Å². The van der Waals surface area contributed by atoms with E-state index in [9.17, 15) is 4.79 Å². The van der Waals surface area contributed by atoms with Gasteiger partial charge in [-0.1, -0.05) is 13.0 Å². The number of aromatic nitrogens is 2. The predicted octanol–water partition coefficient (Wildman–Crippen LogP) is 3.08. The van der Waals surface area contributed by atoms with Crippen molar-refractivity contribution < 1.29 is 9.53 Å². The second-order valence-corrected chi connectivity index (χ2v) is 5.31. The quantitative estimate of drug-likeness (QED) is 0.466. The van der Waals surface area contributed by atoms with Crippen LogP contribution in [0.1, 0.15) is 12.5 Å². The van der Waals surface area contributed by atoms with Crippen molar-refractivity contribution in [1.82, 2.24) is 9.78 Å². The van der Waals surface area contributed by atoms with Gasteiger partial charge in [0.1, 0.15) is 6.61 Å². The molecule has 0 spiro atoms. The first-order valence-corrected chi connectivity index (χ1v) is 7.18. The highest BCUT2D eigenvalue weighted by Gasteiger charge is 2.10. The van der Waals surface area contributed by atoms with Crippen LogP contribution >= 0.6 is 11.8 Å². The molecule has 0 fully saturated rings. The Morgan fingerprint density at radius 2 is 2.30 bits per heavy atom. The zero-order valence-electron chi connectivity index (χ0n) is 11.4. The molecule has 0 unspecified atom stereocenters. The van der Waals surface area contributed by atoms with Crippen molar-refractivity contribution in [3.8, 4) is 5.88 Å². The van der Waals surface area contributed by atoms with E-state index in [-0.39, 0.29) is 0 Å². The fourth-order valence-electron chi connectivity index (χ4n) is 1.76. The minimum absolute atomic E-state index is 0.320. The van der Waals surface area contributed by atoms with Crippen LogP contribution in [0, 0.1) is 0 Å². The van der Waals surface area contributed by atoms with Crippen molar-refractivity contribution in [3.05, 3.63) is 36.0 Å². The van der Waals surface area contributed by atoms with Crippen molar-refractivity contribution in [2.24, 2.45) is 12.0 Å². The first kappa shape index (κ1) is 14.4. The summed E-state index contributed by atoms with van der Waals surface area (Å²) in [6.45, 7) is 2.39. The Balaban J connectivity index is 2.24. The first-order valence-electron chi connectivity index (χ1n) is 6.19. The molecular weight excluding hydrogens is 274 g/mol. The van der Waals surface area contributed by atoms with Crippen LogP contribution in [0.2, 0.25) is 0 Å². The number of rotatable bonds is 6. The second kappa shape index (κ2) is 6.93. The summed E-state index contributed by atoms with van der Waals surface area (Å²) in [5, 5.41) is 4.16. The molecule has 0 aliphatic heterocycles. The summed E-state index contributed by atoms with van der Waals surface area (Å²) in [6, 6.07) is 7.44. The average molecular weight is 289 g/mol. The van der Waals surface area contributed by atoms with E-state index in [2.05, 4.69) is 17.0 Å². The fraction of sp³-hybridized carbons (Fsp3) is 0.286. The molecule has 0 atom stereocenters. The Bertz CT molecular complexity index is 633. The first-order chi connectivity index (χ1) is 9.74. The molecule has 2 aromatic rings. The Morgan fingerprint density at radius 1 is 1.45 bits per heavy atom. The number of carbonyl (C=O) groups excluding carboxylic acids is 1. The normalized spacial score (nSPS) is 10.1. The zero-order chi connectivity index (χ0) is 14.4. The van der Waals surface area contributed by atoms with Gasteiger partial charge in [0.2, 0.25) is 12.0 Å². The number of nitrogens with zero attached hydrogens (tertiary/aromatic N) is 3. The van der Waals surface area contributed by atoms with Gasteiger partial charge in [0.25, 0.3) is 0 Å². The number of hydrogen-bond donors (Lipinski definition) is 0. The summed E-state index contributed by atoms with van der Waals surface area (Å²) < 4.78 is 7.32. The van der Waals surface area contributed by atoms with Crippen molar-refractivity contribution in [2.75, 3.05) is 5.75 Å². The van der Waals surface area contributed by atoms with Crippen molar-refractivity contribution in [2.45, 2.75) is 18.4 Å². The molecule has 2 rings (SSSR count). The molecule has 1 aromatic carbocycles. The second-order valence-electron chi connectivity index (χ2n) is 4.01. The molecule has 5 nitrogen and oxygen atoms in total. The maximum atomic E-state index is 10.5. The molecule has 0 amide bonds. The number of benzene rings is 1. The highest BCUT2D eigenvalue weighted by Crippen LogP contribution is 2.31. The number of thioether (sulfide) groups is 1. The highest BCUT2D eigenvalue weighted by atomic mass is 32.2. The molecule has 1 aromatic heterocycles. The van der Waals surface area contributed by atoms with E-state index in [1.807, 2.05) is 25.4 Å². The molecule has 0 radical (unpaired) electrons. The minimum atomic E-state index is 0.320. The maximum Gasteiger partial charge on any atom is 0.240 e. The van der Waals surface area contributed by atoms with Crippen LogP contribution in [0.4, 0.5) is 5.69 Å². The molecular formula is C14H15N3O2S. The summed E-state index contributed by atoms with van der Waals surface area (Å²) in [5.41, 5.74) is 1.47. The van der Waals surface area contributed by atoms with Crippen LogP contribution in [0.3, 0.4) is 0 Å². The highest BCUT2D eigenvalue weighted by molar-refractivity contribution is 7.99. The Hall–Kier alpha value is -2.04. The molecule has 0 aliphatic rings. The van der Waals surface area contributed by atoms with Crippen LogP contribution < -0.4 is 4.74 Å². The van der Waals surface area contributed by atoms with Gasteiger partial charge >= 0.3 is 0 Å². The lowest BCUT2D eigenvalue weighted by Crippen LogP contribution is -1.99. The third-order valence-electron chi connectivity index (χ3n) is 2.63. The average Bonchev–Trinajstić information content (AvgIpc) is 2.84. The SMILES string of the molecule is CCSc1cccc(N=C=O)c1COc1ccn(C)n1. The van der Waals surface area contributed by atoms with E-state index in [4.69, 9.17) is 4.74 Å². The van der Waals surface area contributed by atoms with E-state index in [0.29, 0.717) is 18.2 Å². The zero-order valence-corrected chi connectivity index (χ0v) is 12.2. The third kappa shape index (κ3) is 3.50. The van der Waals surface area contributed by atoms with Crippen LogP contribution in [0.15, 0.2) is 40.4 Å². The van der Waals surface area contributed by atoms with E-state index < -0.39 is 0 Å². The van der Waals surface area contributed by atoms with E-state index in [1.54, 1.807) is 34.7 Å². The predicted molar refractivity (Wildman–Crippen MR) is 78.2 cm³/mol. The molecule has 0 saturated heterocycles. The lowest BCUT2D eigenvalue weighted by atomic mass is 10.2. The summed E-state index contributed by atoms with van der Waals surface area (Å²) in [4.78, 5) is 15.3. The molecule has 0 bridgehead atoms. The molecule has 0 N–H and O–H groups in total. The monoisotopic (exact) mass is 289 g/mol. The largest absolute Gasteiger partial charge is 0.472 e. The van der Waals surface area contributed by atoms with E-state index >= 15 is 0 Å². The molecule has 20 heavy (non-hydrogen) atoms. The lowest BCUT2D eigenvalue weighted by Gasteiger charge is -2.10. The number of aliphatic imine (C=N–C) groups is 1. The van der Waals surface area contributed by atoms with Gasteiger partial charge in [-0.2, -0.15) is 4.99 Å². The molecule has 104 valence electrons. The standard InChI is InChI=1S/C14H15N3O2S/c1-3-20-13-6-4-5-12(15-10-18)11(13)9-19-14-7-8-17(2)16-14/h4-8H,3,9H2,1-2H3. The van der Waals surface area contributed by atoms with Gasteiger partial charge < -0.3 is 4.74 Å². The maximum absolute atomic E-state index is 10.5. The molecule has 6 heteroatoms. The topological polar surface area (TPSA) is 56.5 Å². The minimum Gasteiger partial charge on any atom is -0.472 e. The summed E-state index contributed by atoms with van der Waals surface area (Å²) in [7, 11) is 1.83. The number of ether oxygens (including phenoxy) is 1. The Morgan fingerprint density at radius 3 is 2.95 bits per heavy atom. The van der Waals surface area contributed by atoms with Crippen LogP contribution in [-0.4, -0.2) is 21.6 Å². The number of aryl methyl sites for hydroxylation is 1. The lowest BCUT2D eigenvalue weighted by molar-refractivity contribution is 0.288. The Kier molecular flexibility index (Phi) is 4.98. The molecule has 0 aliphatic carbocycles. The van der Waals surface area contributed by atoms with Gasteiger partial charge in [0.15, 0.2) is 0 Å². The van der Waals surface area contributed by atoms with Crippen molar-refractivity contribution in [3.63, 3.8) is 0 Å². The van der Waals surface area contributed by atoms with E-state index in [1.165, 1.54) is 0 Å². The third-order valence-corrected chi connectivity index (χ3v) is 3.61. The molecule has 1 heterocycles. The van der Waals surface area contributed by atoms with Gasteiger partial charge in [-0.25, -0.2) is 4.79 Å². The van der Waals surface area contributed by atoms with Crippen LogP contribution in [0.25, 0.3) is 0 Å². The van der Waals surface area contributed by atoms with Crippen molar-refractivity contribution >= 4 is 23.5 Å². The van der Waals surface area contributed by atoms with E-state index in [0.717, 1.165) is 16.2 Å². The van der Waals surface area contributed by atoms with Gasteiger partial charge in [-0.15, -0.1) is 16.9 Å². The summed E-state index contributed by atoms with van der Waals surface area (Å²) in [5.74, 6) is 1.48. The van der Waals surface area contributed by atoms with Gasteiger partial charge in [-0.05, 0) is 17.9 Å². The summed E-state index contributed by atoms with van der Waals surface area (Å²) >= 11 is 1.69. The van der Waals surface area contributed by atoms with Crippen LogP contribution in [0.5, 0.6) is 5.88 Å². The smallest absolute Gasteiger partial charge is 0.240 e. The summed E-state index contributed by atoms with van der Waals surface area (Å²) in [6.07, 6.45) is 3.40. The fourth-order valence-corrected chi connectivity index (χ4v) is 2.58. The van der Waals surface area contributed by atoms with Crippen molar-refractivity contribution in [1.29, 1.82) is 0 Å². The number of hydrogen-bond acceptors (Lipinski definition) is 5. The Labute approximate surface area is 121 Å². The molecule has 0 saturated carbocycles. The van der Waals surface area contributed by atoms with Gasteiger partial charge in [0, 0.05) is 29.8 Å². The van der Waals surface area contributed by atoms with Gasteiger partial charge in [0.05, 0.1) is 5.69 Å². The van der Waals surface area contributed by atoms with Crippen LogP contribution in [-0.2, 0) is 18.4 Å². The number of isocyanates is 1.